The molecule has 0 aliphatic rings. The van der Waals surface area contributed by atoms with Crippen molar-refractivity contribution < 1.29 is 24.2 Å². The molecule has 136 valence electrons. The van der Waals surface area contributed by atoms with Crippen molar-refractivity contribution in [1.82, 2.24) is 5.43 Å². The predicted molar refractivity (Wildman–Crippen MR) is 94.1 cm³/mol. The van der Waals surface area contributed by atoms with E-state index in [4.69, 9.17) is 9.47 Å². The third-order valence-corrected chi connectivity index (χ3v) is 3.51. The fraction of sp³-hybridized carbons (Fsp3) is 0.211. The van der Waals surface area contributed by atoms with Crippen molar-refractivity contribution in [3.63, 3.8) is 0 Å². The molecule has 0 spiro atoms. The number of hydrogen-bond donors (Lipinski definition) is 1. The van der Waals surface area contributed by atoms with Gasteiger partial charge >= 0.3 is 0 Å². The first-order chi connectivity index (χ1) is 12.5. The number of aryl methyl sites for hydroxylation is 2. The van der Waals surface area contributed by atoms with Gasteiger partial charge in [-0.15, -0.1) is 0 Å². The Morgan fingerprint density at radius 2 is 1.85 bits per heavy atom. The highest BCUT2D eigenvalue weighted by atomic mass is 16.5. The van der Waals surface area contributed by atoms with Crippen LogP contribution in [0.3, 0.4) is 0 Å². The van der Waals surface area contributed by atoms with Gasteiger partial charge in [-0.3, -0.25) is 4.79 Å². The number of hydrazone groups is 1. The molecule has 0 saturated carbocycles. The summed E-state index contributed by atoms with van der Waals surface area (Å²) in [5.74, 6) is -0.824. The first kappa shape index (κ1) is 19.0. The number of nitrogens with zero attached hydrogens (tertiary/aromatic N) is 1. The van der Waals surface area contributed by atoms with Crippen molar-refractivity contribution in [1.29, 1.82) is 0 Å². The fourth-order valence-corrected chi connectivity index (χ4v) is 2.01. The Morgan fingerprint density at radius 1 is 1.08 bits per heavy atom. The number of para-hydroxylation sites is 1. The zero-order valence-corrected chi connectivity index (χ0v) is 14.5. The monoisotopic (exact) mass is 355 g/mol. The SMILES string of the molecule is Cc1ccc(OCC(=O)N/N=C\c2ccccc2OCC(=O)[O-])cc1C. The molecular weight excluding hydrogens is 336 g/mol. The zero-order chi connectivity index (χ0) is 18.9. The topological polar surface area (TPSA) is 100 Å². The molecule has 26 heavy (non-hydrogen) atoms. The van der Waals surface area contributed by atoms with Crippen LogP contribution in [-0.4, -0.2) is 31.3 Å². The Hall–Kier alpha value is -3.35. The quantitative estimate of drug-likeness (QED) is 0.562. The van der Waals surface area contributed by atoms with E-state index >= 15 is 0 Å². The molecule has 0 saturated heterocycles. The van der Waals surface area contributed by atoms with E-state index in [0.29, 0.717) is 17.1 Å². The number of carboxylic acid groups (broad SMARTS) is 1. The Morgan fingerprint density at radius 3 is 2.58 bits per heavy atom. The highest BCUT2D eigenvalue weighted by molar-refractivity contribution is 5.85. The van der Waals surface area contributed by atoms with Crippen molar-refractivity contribution in [2.75, 3.05) is 13.2 Å². The number of nitrogens with one attached hydrogen (secondary N) is 1. The van der Waals surface area contributed by atoms with Crippen LogP contribution in [0.4, 0.5) is 0 Å². The minimum absolute atomic E-state index is 0.178. The van der Waals surface area contributed by atoms with E-state index in [0.717, 1.165) is 11.1 Å². The number of rotatable bonds is 8. The summed E-state index contributed by atoms with van der Waals surface area (Å²) in [5.41, 5.74) is 5.08. The van der Waals surface area contributed by atoms with E-state index in [1.807, 2.05) is 26.0 Å². The number of carbonyl (C=O) groups is 2. The summed E-state index contributed by atoms with van der Waals surface area (Å²) in [6.45, 7) is 3.21. The fourth-order valence-electron chi connectivity index (χ4n) is 2.01. The third kappa shape index (κ3) is 5.94. The molecule has 0 fully saturated rings. The first-order valence-corrected chi connectivity index (χ1v) is 7.89. The Labute approximate surface area is 151 Å². The van der Waals surface area contributed by atoms with Crippen LogP contribution in [0.1, 0.15) is 16.7 Å². The van der Waals surface area contributed by atoms with Crippen molar-refractivity contribution in [2.24, 2.45) is 5.10 Å². The van der Waals surface area contributed by atoms with Crippen molar-refractivity contribution in [3.05, 3.63) is 59.2 Å². The summed E-state index contributed by atoms with van der Waals surface area (Å²) in [6.07, 6.45) is 1.36. The molecule has 2 aromatic carbocycles. The van der Waals surface area contributed by atoms with Gasteiger partial charge in [0.05, 0.1) is 12.2 Å². The number of aliphatic carboxylic acids is 1. The van der Waals surface area contributed by atoms with E-state index in [-0.39, 0.29) is 6.61 Å². The van der Waals surface area contributed by atoms with Gasteiger partial charge in [0.25, 0.3) is 5.91 Å². The summed E-state index contributed by atoms with van der Waals surface area (Å²) >= 11 is 0. The van der Waals surface area contributed by atoms with Gasteiger partial charge in [0, 0.05) is 5.56 Å². The number of carbonyl (C=O) groups excluding carboxylic acids is 2. The molecule has 0 heterocycles. The van der Waals surface area contributed by atoms with Crippen LogP contribution >= 0.6 is 0 Å². The molecule has 0 unspecified atom stereocenters. The van der Waals surface area contributed by atoms with Crippen molar-refractivity contribution in [2.45, 2.75) is 13.8 Å². The summed E-state index contributed by atoms with van der Waals surface area (Å²) in [7, 11) is 0. The van der Waals surface area contributed by atoms with Crippen molar-refractivity contribution in [3.8, 4) is 11.5 Å². The zero-order valence-electron chi connectivity index (χ0n) is 14.5. The lowest BCUT2D eigenvalue weighted by Gasteiger charge is -2.09. The normalized spacial score (nSPS) is 10.5. The predicted octanol–water partition coefficient (Wildman–Crippen LogP) is 0.961. The molecule has 1 N–H and O–H groups in total. The van der Waals surface area contributed by atoms with Crippen molar-refractivity contribution >= 4 is 18.1 Å². The molecular formula is C19H19N2O5-. The molecule has 7 heteroatoms. The van der Waals surface area contributed by atoms with E-state index in [1.54, 1.807) is 30.3 Å². The Balaban J connectivity index is 1.86. The van der Waals surface area contributed by atoms with Crippen LogP contribution in [0, 0.1) is 13.8 Å². The maximum absolute atomic E-state index is 11.8. The number of ether oxygens (including phenoxy) is 2. The van der Waals surface area contributed by atoms with Gasteiger partial charge in [-0.05, 0) is 49.2 Å². The van der Waals surface area contributed by atoms with Crippen LogP contribution in [0.25, 0.3) is 0 Å². The molecule has 0 radical (unpaired) electrons. The first-order valence-electron chi connectivity index (χ1n) is 7.89. The van der Waals surface area contributed by atoms with Crippen LogP contribution in [-0.2, 0) is 9.59 Å². The highest BCUT2D eigenvalue weighted by Gasteiger charge is 2.04. The van der Waals surface area contributed by atoms with Gasteiger partial charge in [-0.2, -0.15) is 5.10 Å². The van der Waals surface area contributed by atoms with Gasteiger partial charge in [0.15, 0.2) is 6.61 Å². The summed E-state index contributed by atoms with van der Waals surface area (Å²) < 4.78 is 10.5. The van der Waals surface area contributed by atoms with E-state index in [2.05, 4.69) is 10.5 Å². The van der Waals surface area contributed by atoms with Crippen LogP contribution in [0.2, 0.25) is 0 Å². The van der Waals surface area contributed by atoms with Gasteiger partial charge in [0.2, 0.25) is 0 Å². The van der Waals surface area contributed by atoms with E-state index < -0.39 is 18.5 Å². The second-order valence-corrected chi connectivity index (χ2v) is 5.53. The Bertz CT molecular complexity index is 817. The molecule has 0 atom stereocenters. The highest BCUT2D eigenvalue weighted by Crippen LogP contribution is 2.16. The maximum Gasteiger partial charge on any atom is 0.277 e. The second kappa shape index (κ2) is 9.22. The number of hydrogen-bond acceptors (Lipinski definition) is 6. The number of amides is 1. The molecule has 1 amide bonds. The molecule has 0 aliphatic heterocycles. The second-order valence-electron chi connectivity index (χ2n) is 5.53. The minimum atomic E-state index is -1.33. The average molecular weight is 355 g/mol. The van der Waals surface area contributed by atoms with Gasteiger partial charge in [0.1, 0.15) is 18.1 Å². The van der Waals surface area contributed by atoms with Crippen LogP contribution in [0.15, 0.2) is 47.6 Å². The lowest BCUT2D eigenvalue weighted by molar-refractivity contribution is -0.307. The van der Waals surface area contributed by atoms with Gasteiger partial charge < -0.3 is 19.4 Å². The van der Waals surface area contributed by atoms with Crippen LogP contribution in [0.5, 0.6) is 11.5 Å². The molecule has 0 aliphatic carbocycles. The molecule has 2 aromatic rings. The van der Waals surface area contributed by atoms with Gasteiger partial charge in [-0.1, -0.05) is 18.2 Å². The average Bonchev–Trinajstić information content (AvgIpc) is 2.62. The summed E-state index contributed by atoms with van der Waals surface area (Å²) in [6, 6.07) is 12.3. The lowest BCUT2D eigenvalue weighted by atomic mass is 10.1. The van der Waals surface area contributed by atoms with Crippen LogP contribution < -0.4 is 20.0 Å². The van der Waals surface area contributed by atoms with E-state index in [1.165, 1.54) is 6.21 Å². The minimum Gasteiger partial charge on any atom is -0.546 e. The Kier molecular flexibility index (Phi) is 6.73. The maximum atomic E-state index is 11.8. The standard InChI is InChI=1S/C19H20N2O5/c1-13-7-8-16(9-14(13)2)25-11-18(22)21-20-10-15-5-3-4-6-17(15)26-12-19(23)24/h3-10H,11-12H2,1-2H3,(H,21,22)(H,23,24)/p-1/b20-10-. The lowest BCUT2D eigenvalue weighted by Crippen LogP contribution is -2.29. The number of carboxylic acids is 1. The molecule has 0 aromatic heterocycles. The van der Waals surface area contributed by atoms with E-state index in [9.17, 15) is 14.7 Å². The molecule has 2 rings (SSSR count). The molecule has 7 nitrogen and oxygen atoms in total. The largest absolute Gasteiger partial charge is 0.546 e. The summed E-state index contributed by atoms with van der Waals surface area (Å²) in [4.78, 5) is 22.3. The van der Waals surface area contributed by atoms with Gasteiger partial charge in [-0.25, -0.2) is 5.43 Å². The molecule has 0 bridgehead atoms. The summed E-state index contributed by atoms with van der Waals surface area (Å²) in [5, 5.41) is 14.3. The third-order valence-electron chi connectivity index (χ3n) is 3.51. The number of benzene rings is 2. The smallest absolute Gasteiger partial charge is 0.277 e.